The SMILES string of the molecule is CC(C)C(C)OCC1(CS(=O)(=O)Cl)CCOCC1. The van der Waals surface area contributed by atoms with E-state index < -0.39 is 9.05 Å². The minimum atomic E-state index is -3.51. The van der Waals surface area contributed by atoms with Gasteiger partial charge < -0.3 is 9.47 Å². The van der Waals surface area contributed by atoms with Gasteiger partial charge in [-0.1, -0.05) is 13.8 Å². The van der Waals surface area contributed by atoms with E-state index in [0.29, 0.717) is 38.6 Å². The molecule has 1 fully saturated rings. The summed E-state index contributed by atoms with van der Waals surface area (Å²) < 4.78 is 33.8. The molecule has 1 aliphatic heterocycles. The largest absolute Gasteiger partial charge is 0.381 e. The van der Waals surface area contributed by atoms with Gasteiger partial charge in [0.1, 0.15) is 0 Å². The van der Waals surface area contributed by atoms with Crippen LogP contribution in [0.25, 0.3) is 0 Å². The van der Waals surface area contributed by atoms with E-state index in [9.17, 15) is 8.42 Å². The fraction of sp³-hybridized carbons (Fsp3) is 1.00. The Kier molecular flexibility index (Phi) is 5.90. The summed E-state index contributed by atoms with van der Waals surface area (Å²) in [5.74, 6) is 0.380. The molecule has 1 heterocycles. The molecule has 0 radical (unpaired) electrons. The van der Waals surface area contributed by atoms with Crippen LogP contribution in [0.15, 0.2) is 0 Å². The van der Waals surface area contributed by atoms with Crippen molar-refractivity contribution >= 4 is 19.7 Å². The molecule has 1 saturated heterocycles. The standard InChI is InChI=1S/C12H23ClO4S/c1-10(2)11(3)17-8-12(9-18(13,14)15)4-6-16-7-5-12/h10-11H,4-9H2,1-3H3. The molecule has 0 N–H and O–H groups in total. The third-order valence-electron chi connectivity index (χ3n) is 3.62. The van der Waals surface area contributed by atoms with Gasteiger partial charge in [-0.3, -0.25) is 0 Å². The van der Waals surface area contributed by atoms with Crippen LogP contribution in [0.4, 0.5) is 0 Å². The Bertz CT molecular complexity index is 347. The maximum Gasteiger partial charge on any atom is 0.233 e. The Hall–Kier alpha value is 0.160. The lowest BCUT2D eigenvalue weighted by Gasteiger charge is -2.37. The quantitative estimate of drug-likeness (QED) is 0.707. The molecule has 0 saturated carbocycles. The minimum absolute atomic E-state index is 0.0320. The number of rotatable bonds is 6. The zero-order valence-corrected chi connectivity index (χ0v) is 12.9. The van der Waals surface area contributed by atoms with Crippen LogP contribution in [0.2, 0.25) is 0 Å². The molecular weight excluding hydrogens is 276 g/mol. The summed E-state index contributed by atoms with van der Waals surface area (Å²) in [7, 11) is 1.90. The molecule has 0 aromatic carbocycles. The number of ether oxygens (including phenoxy) is 2. The maximum absolute atomic E-state index is 11.4. The van der Waals surface area contributed by atoms with E-state index >= 15 is 0 Å². The Morgan fingerprint density at radius 3 is 2.28 bits per heavy atom. The summed E-state index contributed by atoms with van der Waals surface area (Å²) in [6, 6.07) is 0. The van der Waals surface area contributed by atoms with E-state index in [-0.39, 0.29) is 17.3 Å². The van der Waals surface area contributed by atoms with Crippen molar-refractivity contribution in [1.82, 2.24) is 0 Å². The summed E-state index contributed by atoms with van der Waals surface area (Å²) in [6.45, 7) is 7.76. The molecule has 1 unspecified atom stereocenters. The van der Waals surface area contributed by atoms with Gasteiger partial charge in [0.2, 0.25) is 9.05 Å². The Morgan fingerprint density at radius 1 is 1.28 bits per heavy atom. The summed E-state index contributed by atoms with van der Waals surface area (Å²) in [5, 5.41) is 0. The average molecular weight is 299 g/mol. The van der Waals surface area contributed by atoms with Crippen LogP contribution in [0.5, 0.6) is 0 Å². The summed E-state index contributed by atoms with van der Waals surface area (Å²) in [4.78, 5) is 0. The first kappa shape index (κ1) is 16.2. The normalized spacial score (nSPS) is 22.1. The Morgan fingerprint density at radius 2 is 1.83 bits per heavy atom. The van der Waals surface area contributed by atoms with Crippen LogP contribution in [-0.2, 0) is 18.5 Å². The maximum atomic E-state index is 11.4. The van der Waals surface area contributed by atoms with Gasteiger partial charge in [-0.05, 0) is 25.7 Å². The second-order valence-corrected chi connectivity index (χ2v) is 8.33. The highest BCUT2D eigenvalue weighted by Crippen LogP contribution is 2.34. The van der Waals surface area contributed by atoms with Crippen molar-refractivity contribution < 1.29 is 17.9 Å². The fourth-order valence-corrected chi connectivity index (χ4v) is 3.80. The first-order valence-electron chi connectivity index (χ1n) is 6.36. The molecule has 1 atom stereocenters. The van der Waals surface area contributed by atoms with E-state index in [1.807, 2.05) is 6.92 Å². The fourth-order valence-electron chi connectivity index (χ4n) is 2.00. The van der Waals surface area contributed by atoms with Gasteiger partial charge >= 0.3 is 0 Å². The van der Waals surface area contributed by atoms with E-state index in [2.05, 4.69) is 13.8 Å². The highest BCUT2D eigenvalue weighted by Gasteiger charge is 2.37. The molecule has 1 aliphatic rings. The summed E-state index contributed by atoms with van der Waals surface area (Å²) in [6.07, 6.45) is 1.48. The third kappa shape index (κ3) is 5.43. The highest BCUT2D eigenvalue weighted by molar-refractivity contribution is 8.13. The molecule has 0 aromatic heterocycles. The van der Waals surface area contributed by atoms with Crippen LogP contribution in [0, 0.1) is 11.3 Å². The summed E-state index contributed by atoms with van der Waals surface area (Å²) >= 11 is 0. The second kappa shape index (κ2) is 6.55. The van der Waals surface area contributed by atoms with Gasteiger partial charge in [0.25, 0.3) is 0 Å². The highest BCUT2D eigenvalue weighted by atomic mass is 35.7. The molecule has 18 heavy (non-hydrogen) atoms. The molecule has 0 bridgehead atoms. The zero-order chi connectivity index (χ0) is 13.8. The number of halogens is 1. The molecular formula is C12H23ClO4S. The lowest BCUT2D eigenvalue weighted by Crippen LogP contribution is -2.40. The second-order valence-electron chi connectivity index (χ2n) is 5.56. The van der Waals surface area contributed by atoms with Crippen LogP contribution >= 0.6 is 10.7 Å². The van der Waals surface area contributed by atoms with E-state index in [1.54, 1.807) is 0 Å². The minimum Gasteiger partial charge on any atom is -0.381 e. The van der Waals surface area contributed by atoms with Crippen molar-refractivity contribution in [2.75, 3.05) is 25.6 Å². The molecule has 0 spiro atoms. The van der Waals surface area contributed by atoms with Crippen molar-refractivity contribution in [3.63, 3.8) is 0 Å². The molecule has 1 rings (SSSR count). The van der Waals surface area contributed by atoms with Gasteiger partial charge in [0, 0.05) is 29.3 Å². The van der Waals surface area contributed by atoms with Gasteiger partial charge in [0.15, 0.2) is 0 Å². The Balaban J connectivity index is 2.66. The number of hydrogen-bond donors (Lipinski definition) is 0. The zero-order valence-electron chi connectivity index (χ0n) is 11.3. The van der Waals surface area contributed by atoms with E-state index in [4.69, 9.17) is 20.2 Å². The van der Waals surface area contributed by atoms with Crippen molar-refractivity contribution in [1.29, 1.82) is 0 Å². The van der Waals surface area contributed by atoms with Crippen LogP contribution in [0.3, 0.4) is 0 Å². The molecule has 0 aromatic rings. The smallest absolute Gasteiger partial charge is 0.233 e. The van der Waals surface area contributed by atoms with Crippen LogP contribution in [0.1, 0.15) is 33.6 Å². The lowest BCUT2D eigenvalue weighted by atomic mass is 9.83. The third-order valence-corrected chi connectivity index (χ3v) is 4.91. The molecule has 6 heteroatoms. The van der Waals surface area contributed by atoms with Gasteiger partial charge in [-0.15, -0.1) is 0 Å². The molecule has 0 amide bonds. The monoisotopic (exact) mass is 298 g/mol. The molecule has 4 nitrogen and oxygen atoms in total. The Labute approximate surface area is 114 Å². The van der Waals surface area contributed by atoms with Crippen molar-refractivity contribution in [2.24, 2.45) is 11.3 Å². The first-order valence-corrected chi connectivity index (χ1v) is 8.84. The van der Waals surface area contributed by atoms with Gasteiger partial charge in [-0.2, -0.15) is 0 Å². The predicted octanol–water partition coefficient (Wildman–Crippen LogP) is 2.41. The topological polar surface area (TPSA) is 52.6 Å². The van der Waals surface area contributed by atoms with Gasteiger partial charge in [-0.25, -0.2) is 8.42 Å². The number of hydrogen-bond acceptors (Lipinski definition) is 4. The van der Waals surface area contributed by atoms with Crippen molar-refractivity contribution in [2.45, 2.75) is 39.7 Å². The van der Waals surface area contributed by atoms with Crippen LogP contribution in [-0.4, -0.2) is 40.1 Å². The molecule has 0 aliphatic carbocycles. The van der Waals surface area contributed by atoms with Crippen LogP contribution < -0.4 is 0 Å². The average Bonchev–Trinajstić information content (AvgIpc) is 2.24. The van der Waals surface area contributed by atoms with Gasteiger partial charge in [0.05, 0.1) is 18.5 Å². The van der Waals surface area contributed by atoms with E-state index in [1.165, 1.54) is 0 Å². The van der Waals surface area contributed by atoms with Crippen molar-refractivity contribution in [3.05, 3.63) is 0 Å². The first-order chi connectivity index (χ1) is 8.24. The molecule has 108 valence electrons. The summed E-state index contributed by atoms with van der Waals surface area (Å²) in [5.41, 5.74) is -0.387. The lowest BCUT2D eigenvalue weighted by molar-refractivity contribution is -0.0589. The predicted molar refractivity (Wildman–Crippen MR) is 72.4 cm³/mol. The van der Waals surface area contributed by atoms with Crippen molar-refractivity contribution in [3.8, 4) is 0 Å². The van der Waals surface area contributed by atoms with E-state index in [0.717, 1.165) is 0 Å².